The highest BCUT2D eigenvalue weighted by atomic mass is 16.5. The highest BCUT2D eigenvalue weighted by Gasteiger charge is 2.21. The smallest absolute Gasteiger partial charge is 0.255 e. The van der Waals surface area contributed by atoms with Gasteiger partial charge in [0.15, 0.2) is 0 Å². The zero-order valence-corrected chi connectivity index (χ0v) is 11.6. The summed E-state index contributed by atoms with van der Waals surface area (Å²) in [6.45, 7) is 3.93. The standard InChI is InChI=1S/C15H22N2O2/c1-11-6-5-9-16-13(11)10-17-15(18)12-7-3-4-8-14(12)19-2/h3-4,7-8,11,13,16H,5-6,9-10H2,1-2H3,(H,17,18). The third-order valence-corrected chi connectivity index (χ3v) is 3.76. The molecule has 1 fully saturated rings. The molecule has 4 nitrogen and oxygen atoms in total. The molecule has 0 aliphatic carbocycles. The van der Waals surface area contributed by atoms with E-state index in [1.807, 2.05) is 12.1 Å². The zero-order valence-electron chi connectivity index (χ0n) is 11.6. The molecule has 2 atom stereocenters. The topological polar surface area (TPSA) is 50.4 Å². The van der Waals surface area contributed by atoms with Crippen LogP contribution in [0.4, 0.5) is 0 Å². The van der Waals surface area contributed by atoms with Gasteiger partial charge in [0.05, 0.1) is 12.7 Å². The van der Waals surface area contributed by atoms with Crippen molar-refractivity contribution in [3.63, 3.8) is 0 Å². The fraction of sp³-hybridized carbons (Fsp3) is 0.533. The molecule has 0 aromatic heterocycles. The van der Waals surface area contributed by atoms with Crippen LogP contribution in [0.15, 0.2) is 24.3 Å². The molecule has 0 spiro atoms. The second-order valence-electron chi connectivity index (χ2n) is 5.09. The summed E-state index contributed by atoms with van der Waals surface area (Å²) in [5, 5.41) is 6.45. The number of piperidine rings is 1. The molecule has 0 radical (unpaired) electrons. The number of carbonyl (C=O) groups excluding carboxylic acids is 1. The van der Waals surface area contributed by atoms with Gasteiger partial charge in [-0.05, 0) is 37.4 Å². The molecule has 1 amide bonds. The van der Waals surface area contributed by atoms with Gasteiger partial charge < -0.3 is 15.4 Å². The first-order valence-corrected chi connectivity index (χ1v) is 6.87. The van der Waals surface area contributed by atoms with E-state index in [0.717, 1.165) is 6.54 Å². The van der Waals surface area contributed by atoms with Crippen molar-refractivity contribution in [1.82, 2.24) is 10.6 Å². The molecule has 2 rings (SSSR count). The number of hydrogen-bond acceptors (Lipinski definition) is 3. The van der Waals surface area contributed by atoms with Crippen LogP contribution in [0.5, 0.6) is 5.75 Å². The largest absolute Gasteiger partial charge is 0.496 e. The van der Waals surface area contributed by atoms with E-state index >= 15 is 0 Å². The SMILES string of the molecule is COc1ccccc1C(=O)NCC1NCCCC1C. The van der Waals surface area contributed by atoms with Gasteiger partial charge in [-0.15, -0.1) is 0 Å². The number of hydrogen-bond donors (Lipinski definition) is 2. The number of nitrogens with one attached hydrogen (secondary N) is 2. The monoisotopic (exact) mass is 262 g/mol. The van der Waals surface area contributed by atoms with Crippen molar-refractivity contribution >= 4 is 5.91 Å². The lowest BCUT2D eigenvalue weighted by Gasteiger charge is -2.30. The molecular weight excluding hydrogens is 240 g/mol. The highest BCUT2D eigenvalue weighted by Crippen LogP contribution is 2.18. The van der Waals surface area contributed by atoms with E-state index in [-0.39, 0.29) is 5.91 Å². The Morgan fingerprint density at radius 1 is 1.47 bits per heavy atom. The van der Waals surface area contributed by atoms with Crippen LogP contribution in [-0.4, -0.2) is 32.1 Å². The van der Waals surface area contributed by atoms with Crippen LogP contribution in [-0.2, 0) is 0 Å². The zero-order chi connectivity index (χ0) is 13.7. The number of carbonyl (C=O) groups is 1. The van der Waals surface area contributed by atoms with Crippen LogP contribution in [0.1, 0.15) is 30.1 Å². The molecule has 0 bridgehead atoms. The van der Waals surface area contributed by atoms with E-state index in [9.17, 15) is 4.79 Å². The predicted molar refractivity (Wildman–Crippen MR) is 75.5 cm³/mol. The quantitative estimate of drug-likeness (QED) is 0.870. The maximum atomic E-state index is 12.2. The van der Waals surface area contributed by atoms with E-state index in [1.165, 1.54) is 12.8 Å². The number of benzene rings is 1. The average Bonchev–Trinajstić information content (AvgIpc) is 2.46. The van der Waals surface area contributed by atoms with Gasteiger partial charge in [-0.2, -0.15) is 0 Å². The summed E-state index contributed by atoms with van der Waals surface area (Å²) in [5.74, 6) is 1.15. The minimum Gasteiger partial charge on any atom is -0.496 e. The average molecular weight is 262 g/mol. The van der Waals surface area contributed by atoms with Gasteiger partial charge in [0.1, 0.15) is 5.75 Å². The molecule has 2 unspecified atom stereocenters. The first kappa shape index (κ1) is 13.9. The Kier molecular flexibility index (Phi) is 4.80. The summed E-state index contributed by atoms with van der Waals surface area (Å²) in [6.07, 6.45) is 2.44. The van der Waals surface area contributed by atoms with E-state index in [4.69, 9.17) is 4.74 Å². The molecule has 1 heterocycles. The maximum absolute atomic E-state index is 12.2. The van der Waals surface area contributed by atoms with Crippen molar-refractivity contribution in [3.05, 3.63) is 29.8 Å². The van der Waals surface area contributed by atoms with Crippen molar-refractivity contribution < 1.29 is 9.53 Å². The van der Waals surface area contributed by atoms with Crippen LogP contribution in [0.25, 0.3) is 0 Å². The van der Waals surface area contributed by atoms with Gasteiger partial charge in [-0.1, -0.05) is 19.1 Å². The molecule has 4 heteroatoms. The summed E-state index contributed by atoms with van der Waals surface area (Å²) in [6, 6.07) is 7.66. The molecule has 1 aliphatic heterocycles. The van der Waals surface area contributed by atoms with Gasteiger partial charge in [-0.3, -0.25) is 4.79 Å². The molecular formula is C15H22N2O2. The minimum absolute atomic E-state index is 0.0722. The predicted octanol–water partition coefficient (Wildman–Crippen LogP) is 1.81. The van der Waals surface area contributed by atoms with Crippen molar-refractivity contribution in [2.75, 3.05) is 20.2 Å². The first-order chi connectivity index (χ1) is 9.22. The summed E-state index contributed by atoms with van der Waals surface area (Å²) < 4.78 is 5.20. The number of amides is 1. The number of methoxy groups -OCH3 is 1. The fourth-order valence-corrected chi connectivity index (χ4v) is 2.52. The van der Waals surface area contributed by atoms with Crippen molar-refractivity contribution in [1.29, 1.82) is 0 Å². The van der Waals surface area contributed by atoms with Crippen molar-refractivity contribution in [3.8, 4) is 5.75 Å². The van der Waals surface area contributed by atoms with Gasteiger partial charge in [0.2, 0.25) is 0 Å². The number of rotatable bonds is 4. The van der Waals surface area contributed by atoms with E-state index in [1.54, 1.807) is 19.2 Å². The first-order valence-electron chi connectivity index (χ1n) is 6.87. The van der Waals surface area contributed by atoms with Gasteiger partial charge in [0, 0.05) is 12.6 Å². The summed E-state index contributed by atoms with van der Waals surface area (Å²) in [4.78, 5) is 12.2. The van der Waals surface area contributed by atoms with E-state index < -0.39 is 0 Å². The Labute approximate surface area is 114 Å². The van der Waals surface area contributed by atoms with Crippen LogP contribution in [0.2, 0.25) is 0 Å². The third kappa shape index (κ3) is 3.47. The van der Waals surface area contributed by atoms with Crippen molar-refractivity contribution in [2.24, 2.45) is 5.92 Å². The number of para-hydroxylation sites is 1. The van der Waals surface area contributed by atoms with Crippen LogP contribution >= 0.6 is 0 Å². The molecule has 2 N–H and O–H groups in total. The lowest BCUT2D eigenvalue weighted by molar-refractivity contribution is 0.0940. The van der Waals surface area contributed by atoms with E-state index in [2.05, 4.69) is 17.6 Å². The summed E-state index contributed by atoms with van der Waals surface area (Å²) >= 11 is 0. The van der Waals surface area contributed by atoms with Gasteiger partial charge in [0.25, 0.3) is 5.91 Å². The second kappa shape index (κ2) is 6.57. The fourth-order valence-electron chi connectivity index (χ4n) is 2.52. The Morgan fingerprint density at radius 3 is 3.00 bits per heavy atom. The highest BCUT2D eigenvalue weighted by molar-refractivity contribution is 5.96. The number of ether oxygens (including phenoxy) is 1. The third-order valence-electron chi connectivity index (χ3n) is 3.76. The van der Waals surface area contributed by atoms with Crippen LogP contribution in [0.3, 0.4) is 0 Å². The normalized spacial score (nSPS) is 22.8. The van der Waals surface area contributed by atoms with Gasteiger partial charge in [-0.25, -0.2) is 0 Å². The van der Waals surface area contributed by atoms with Crippen LogP contribution in [0, 0.1) is 5.92 Å². The van der Waals surface area contributed by atoms with Crippen molar-refractivity contribution in [2.45, 2.75) is 25.8 Å². The summed E-state index contributed by atoms with van der Waals surface area (Å²) in [5.41, 5.74) is 0.591. The molecule has 1 aromatic rings. The summed E-state index contributed by atoms with van der Waals surface area (Å²) in [7, 11) is 1.58. The van der Waals surface area contributed by atoms with E-state index in [0.29, 0.717) is 29.8 Å². The molecule has 1 aromatic carbocycles. The Balaban J connectivity index is 1.93. The lowest BCUT2D eigenvalue weighted by Crippen LogP contribution is -2.47. The molecule has 1 aliphatic rings. The molecule has 104 valence electrons. The Bertz CT molecular complexity index is 434. The molecule has 1 saturated heterocycles. The van der Waals surface area contributed by atoms with Gasteiger partial charge >= 0.3 is 0 Å². The minimum atomic E-state index is -0.0722. The van der Waals surface area contributed by atoms with Crippen LogP contribution < -0.4 is 15.4 Å². The Morgan fingerprint density at radius 2 is 2.26 bits per heavy atom. The second-order valence-corrected chi connectivity index (χ2v) is 5.09. The maximum Gasteiger partial charge on any atom is 0.255 e. The lowest BCUT2D eigenvalue weighted by atomic mass is 9.93. The Hall–Kier alpha value is -1.55. The molecule has 19 heavy (non-hydrogen) atoms. The molecule has 0 saturated carbocycles.